The van der Waals surface area contributed by atoms with Crippen LogP contribution in [0.2, 0.25) is 0 Å². The van der Waals surface area contributed by atoms with Crippen LogP contribution in [0, 0.1) is 33.8 Å². The third-order valence-corrected chi connectivity index (χ3v) is 10.7. The van der Waals surface area contributed by atoms with Crippen molar-refractivity contribution in [2.75, 3.05) is 13.7 Å². The largest absolute Gasteiger partial charge is 0.497 e. The van der Waals surface area contributed by atoms with Gasteiger partial charge in [-0.3, -0.25) is 29.3 Å². The molecule has 0 spiro atoms. The van der Waals surface area contributed by atoms with Crippen molar-refractivity contribution in [2.45, 2.75) is 16.1 Å². The van der Waals surface area contributed by atoms with Gasteiger partial charge in [-0.1, -0.05) is 44.0 Å². The van der Waals surface area contributed by atoms with Crippen LogP contribution in [0.5, 0.6) is 5.75 Å². The van der Waals surface area contributed by atoms with Crippen molar-refractivity contribution in [2.24, 2.45) is 23.7 Å². The Labute approximate surface area is 228 Å². The number of alkyl halides is 2. The SMILES string of the molecule is COc1cccc(C(=O)CN(C(=O)c2ccc([N+](=O)[O-])cc2)N2C(=O)[C@@H]3[C@H]4C[C@@H]([C@H](Br)[C@H]4Br)[C@H]3C2=O)c1. The lowest BCUT2D eigenvalue weighted by Gasteiger charge is -2.30. The summed E-state index contributed by atoms with van der Waals surface area (Å²) in [6.07, 6.45) is 0.714. The predicted octanol–water partition coefficient (Wildman–Crippen LogP) is 3.62. The van der Waals surface area contributed by atoms with Gasteiger partial charge in [-0.2, -0.15) is 5.01 Å². The fraction of sp³-hybridized carbons (Fsp3) is 0.360. The summed E-state index contributed by atoms with van der Waals surface area (Å²) in [7, 11) is 1.46. The van der Waals surface area contributed by atoms with Gasteiger partial charge in [-0.25, -0.2) is 5.01 Å². The number of methoxy groups -OCH3 is 1. The number of ether oxygens (including phenoxy) is 1. The molecule has 1 aliphatic heterocycles. The van der Waals surface area contributed by atoms with Gasteiger partial charge in [0.05, 0.1) is 23.9 Å². The Bertz CT molecular complexity index is 1290. The summed E-state index contributed by atoms with van der Waals surface area (Å²) in [6, 6.07) is 11.1. The molecule has 0 N–H and O–H groups in total. The highest BCUT2D eigenvalue weighted by molar-refractivity contribution is 9.12. The second-order valence-electron chi connectivity index (χ2n) is 9.31. The van der Waals surface area contributed by atoms with Crippen molar-refractivity contribution < 1.29 is 28.8 Å². The molecule has 192 valence electrons. The smallest absolute Gasteiger partial charge is 0.273 e. The van der Waals surface area contributed by atoms with Gasteiger partial charge in [-0.05, 0) is 42.5 Å². The van der Waals surface area contributed by atoms with E-state index in [2.05, 4.69) is 31.9 Å². The summed E-state index contributed by atoms with van der Waals surface area (Å²) in [6.45, 7) is -0.579. The zero-order valence-electron chi connectivity index (χ0n) is 19.5. The fourth-order valence-corrected chi connectivity index (χ4v) is 7.58. The van der Waals surface area contributed by atoms with Crippen LogP contribution in [-0.4, -0.2) is 61.8 Å². The molecule has 1 saturated heterocycles. The molecule has 5 rings (SSSR count). The number of imide groups is 1. The summed E-state index contributed by atoms with van der Waals surface area (Å²) >= 11 is 7.28. The molecule has 37 heavy (non-hydrogen) atoms. The molecule has 12 heteroatoms. The molecule has 3 fully saturated rings. The quantitative estimate of drug-likeness (QED) is 0.150. The molecule has 2 saturated carbocycles. The number of carbonyl (C=O) groups is 4. The van der Waals surface area contributed by atoms with E-state index in [4.69, 9.17) is 4.74 Å². The van der Waals surface area contributed by atoms with E-state index in [1.807, 2.05) is 0 Å². The first-order valence-electron chi connectivity index (χ1n) is 11.5. The Morgan fingerprint density at radius 1 is 1.03 bits per heavy atom. The zero-order chi connectivity index (χ0) is 26.6. The van der Waals surface area contributed by atoms with E-state index in [1.54, 1.807) is 18.2 Å². The van der Waals surface area contributed by atoms with Crippen molar-refractivity contribution in [3.05, 3.63) is 69.8 Å². The molecule has 0 unspecified atom stereocenters. The number of nitrogens with zero attached hydrogens (tertiary/aromatic N) is 3. The van der Waals surface area contributed by atoms with Gasteiger partial charge in [0.1, 0.15) is 12.3 Å². The Hall–Kier alpha value is -3.12. The number of amides is 3. The number of carbonyl (C=O) groups excluding carboxylic acids is 4. The maximum Gasteiger partial charge on any atom is 0.273 e. The number of hydrazine groups is 1. The molecule has 3 amide bonds. The van der Waals surface area contributed by atoms with Crippen LogP contribution < -0.4 is 4.74 Å². The lowest BCUT2D eigenvalue weighted by molar-refractivity contribution is -0.384. The highest BCUT2D eigenvalue weighted by Gasteiger charge is 2.67. The third kappa shape index (κ3) is 4.15. The van der Waals surface area contributed by atoms with Crippen LogP contribution >= 0.6 is 31.9 Å². The minimum atomic E-state index is -0.786. The topological polar surface area (TPSA) is 127 Å². The first kappa shape index (κ1) is 25.5. The molecular weight excluding hydrogens is 614 g/mol. The van der Waals surface area contributed by atoms with Gasteiger partial charge in [0, 0.05) is 32.9 Å². The van der Waals surface area contributed by atoms with E-state index in [1.165, 1.54) is 25.3 Å². The molecule has 2 aliphatic carbocycles. The highest BCUT2D eigenvalue weighted by Crippen LogP contribution is 2.60. The molecule has 6 atom stereocenters. The van der Waals surface area contributed by atoms with E-state index >= 15 is 0 Å². The summed E-state index contributed by atoms with van der Waals surface area (Å²) in [4.78, 5) is 64.6. The summed E-state index contributed by atoms with van der Waals surface area (Å²) in [5, 5.41) is 12.7. The van der Waals surface area contributed by atoms with Gasteiger partial charge < -0.3 is 4.74 Å². The molecule has 2 bridgehead atoms. The zero-order valence-corrected chi connectivity index (χ0v) is 22.6. The monoisotopic (exact) mass is 633 g/mol. The second kappa shape index (κ2) is 9.64. The predicted molar refractivity (Wildman–Crippen MR) is 137 cm³/mol. The maximum atomic E-state index is 13.6. The van der Waals surface area contributed by atoms with E-state index in [0.717, 1.165) is 22.2 Å². The fourth-order valence-electron chi connectivity index (χ4n) is 5.70. The average Bonchev–Trinajstić information content (AvgIpc) is 3.51. The minimum Gasteiger partial charge on any atom is -0.497 e. The van der Waals surface area contributed by atoms with Crippen molar-refractivity contribution in [1.29, 1.82) is 0 Å². The van der Waals surface area contributed by atoms with Gasteiger partial charge in [0.25, 0.3) is 23.4 Å². The Morgan fingerprint density at radius 3 is 2.16 bits per heavy atom. The molecule has 10 nitrogen and oxygen atoms in total. The Morgan fingerprint density at radius 2 is 1.62 bits per heavy atom. The lowest BCUT2D eigenvalue weighted by Crippen LogP contribution is -2.52. The number of benzene rings is 2. The number of halogens is 2. The van der Waals surface area contributed by atoms with Crippen molar-refractivity contribution in [3.8, 4) is 5.75 Å². The van der Waals surface area contributed by atoms with Crippen molar-refractivity contribution in [1.82, 2.24) is 10.0 Å². The molecule has 0 aromatic heterocycles. The number of nitro benzene ring substituents is 1. The molecule has 2 aromatic carbocycles. The number of non-ortho nitro benzene ring substituents is 1. The van der Waals surface area contributed by atoms with E-state index in [-0.39, 0.29) is 38.3 Å². The average molecular weight is 635 g/mol. The first-order valence-corrected chi connectivity index (χ1v) is 13.4. The summed E-state index contributed by atoms with van der Waals surface area (Å²) in [5.74, 6) is -3.22. The van der Waals surface area contributed by atoms with Gasteiger partial charge >= 0.3 is 0 Å². The molecule has 3 aliphatic rings. The van der Waals surface area contributed by atoms with Crippen molar-refractivity contribution in [3.63, 3.8) is 0 Å². The van der Waals surface area contributed by atoms with Crippen LogP contribution in [0.25, 0.3) is 0 Å². The van der Waals surface area contributed by atoms with Gasteiger partial charge in [0.2, 0.25) is 0 Å². The number of nitro groups is 1. The van der Waals surface area contributed by atoms with E-state index < -0.39 is 46.8 Å². The molecule has 2 aromatic rings. The van der Waals surface area contributed by atoms with Crippen LogP contribution in [0.3, 0.4) is 0 Å². The summed E-state index contributed by atoms with van der Waals surface area (Å²) in [5.41, 5.74) is 0.0179. The molecule has 0 radical (unpaired) electrons. The summed E-state index contributed by atoms with van der Waals surface area (Å²) < 4.78 is 5.18. The van der Waals surface area contributed by atoms with Crippen molar-refractivity contribution >= 4 is 61.1 Å². The first-order chi connectivity index (χ1) is 17.6. The minimum absolute atomic E-state index is 0.00131. The van der Waals surface area contributed by atoms with Crippen LogP contribution in [-0.2, 0) is 9.59 Å². The van der Waals surface area contributed by atoms with Crippen LogP contribution in [0.1, 0.15) is 27.1 Å². The number of fused-ring (bicyclic) bond motifs is 5. The standard InChI is InChI=1S/C25H21Br2N3O7/c1-37-15-4-2-3-13(9-15)18(31)11-28(23(32)12-5-7-14(8-6-12)30(35)36)29-24(33)19-16-10-17(20(19)25(29)34)22(27)21(16)26/h2-9,16-17,19-22H,10-11H2,1H3/t16-,17-,19-,20-,21+,22+/m1/s1. The molecular formula is C25H21Br2N3O7. The second-order valence-corrected chi connectivity index (χ2v) is 11.4. The normalized spacial score (nSPS) is 27.8. The number of rotatable bonds is 7. The number of Topliss-reactive ketones (excluding diaryl/α,β-unsaturated/α-hetero) is 1. The van der Waals surface area contributed by atoms with Gasteiger partial charge in [0.15, 0.2) is 5.78 Å². The highest BCUT2D eigenvalue weighted by atomic mass is 79.9. The van der Waals surface area contributed by atoms with Gasteiger partial charge in [-0.15, -0.1) is 0 Å². The lowest BCUT2D eigenvalue weighted by atomic mass is 9.81. The number of hydrogen-bond acceptors (Lipinski definition) is 7. The van der Waals surface area contributed by atoms with E-state index in [0.29, 0.717) is 12.2 Å². The van der Waals surface area contributed by atoms with Crippen LogP contribution in [0.4, 0.5) is 5.69 Å². The van der Waals surface area contributed by atoms with Crippen LogP contribution in [0.15, 0.2) is 48.5 Å². The number of ketones is 1. The van der Waals surface area contributed by atoms with E-state index in [9.17, 15) is 29.3 Å². The third-order valence-electron chi connectivity index (χ3n) is 7.45. The Kier molecular flexibility index (Phi) is 6.65. The Balaban J connectivity index is 1.50. The molecule has 1 heterocycles. The number of hydrogen-bond donors (Lipinski definition) is 0. The maximum absolute atomic E-state index is 13.6.